The number of H-pyrrole nitrogens is 2. The van der Waals surface area contributed by atoms with Gasteiger partial charge in [0.25, 0.3) is 0 Å². The number of nitrogens with one attached hydrogen (secondary N) is 3. The maximum absolute atomic E-state index is 13.7. The number of aromatic amines is 2. The Hall–Kier alpha value is -5.71. The van der Waals surface area contributed by atoms with Crippen molar-refractivity contribution in [2.24, 2.45) is 17.8 Å². The third-order valence-electron chi connectivity index (χ3n) is 11.4. The second-order valence-electron chi connectivity index (χ2n) is 15.9. The van der Waals surface area contributed by atoms with Crippen LogP contribution in [0.5, 0.6) is 0 Å². The number of rotatable bonds is 12. The van der Waals surface area contributed by atoms with Gasteiger partial charge in [0.1, 0.15) is 17.7 Å². The Balaban J connectivity index is 1.09. The first-order chi connectivity index (χ1) is 26.9. The summed E-state index contributed by atoms with van der Waals surface area (Å²) in [6.07, 6.45) is 3.79. The SMILES string of the molecule is CCCN(Cc1ncc(-c2ccc3cc(-c4ccc5c(ccc6[nH]c([C@@H]7CCCN7C(=O)[C@@H](NC(=O)OC)C(C)C)nc65)c4)ccc3c2)[nH]1)C(=O)[C@@H](C)C(C)C. The molecule has 0 spiro atoms. The summed E-state index contributed by atoms with van der Waals surface area (Å²) in [5, 5.41) is 7.11. The van der Waals surface area contributed by atoms with Gasteiger partial charge in [-0.3, -0.25) is 9.59 Å². The topological polar surface area (TPSA) is 136 Å². The van der Waals surface area contributed by atoms with Crippen LogP contribution < -0.4 is 5.32 Å². The van der Waals surface area contributed by atoms with Crippen LogP contribution in [0.4, 0.5) is 4.79 Å². The third kappa shape index (κ3) is 7.72. The molecule has 0 radical (unpaired) electrons. The first-order valence-corrected chi connectivity index (χ1v) is 19.9. The van der Waals surface area contributed by atoms with E-state index < -0.39 is 12.1 Å². The van der Waals surface area contributed by atoms with Crippen molar-refractivity contribution >= 4 is 50.5 Å². The quantitative estimate of drug-likeness (QED) is 0.114. The number of ether oxygens (including phenoxy) is 1. The second kappa shape index (κ2) is 16.2. The summed E-state index contributed by atoms with van der Waals surface area (Å²) in [7, 11) is 1.30. The van der Waals surface area contributed by atoms with Crippen LogP contribution in [0.3, 0.4) is 0 Å². The highest BCUT2D eigenvalue weighted by Gasteiger charge is 2.37. The van der Waals surface area contributed by atoms with Gasteiger partial charge in [-0.05, 0) is 82.6 Å². The average Bonchev–Trinajstić information content (AvgIpc) is 3.98. The number of carbonyl (C=O) groups is 3. The van der Waals surface area contributed by atoms with E-state index in [1.807, 2.05) is 36.8 Å². The summed E-state index contributed by atoms with van der Waals surface area (Å²) in [5.41, 5.74) is 6.00. The fourth-order valence-corrected chi connectivity index (χ4v) is 7.82. The Bertz CT molecular complexity index is 2390. The molecule has 11 heteroatoms. The average molecular weight is 756 g/mol. The van der Waals surface area contributed by atoms with Gasteiger partial charge in [0, 0.05) is 30.0 Å². The van der Waals surface area contributed by atoms with Crippen molar-refractivity contribution in [2.75, 3.05) is 20.2 Å². The Morgan fingerprint density at radius 3 is 2.27 bits per heavy atom. The molecular weight excluding hydrogens is 703 g/mol. The molecule has 292 valence electrons. The number of fused-ring (bicyclic) bond motifs is 4. The molecule has 1 aliphatic rings. The second-order valence-corrected chi connectivity index (χ2v) is 15.9. The van der Waals surface area contributed by atoms with E-state index in [4.69, 9.17) is 9.72 Å². The molecule has 4 aromatic carbocycles. The number of methoxy groups -OCH3 is 1. The summed E-state index contributed by atoms with van der Waals surface area (Å²) >= 11 is 0. The molecule has 0 bridgehead atoms. The summed E-state index contributed by atoms with van der Waals surface area (Å²) in [6.45, 7) is 13.9. The highest BCUT2D eigenvalue weighted by atomic mass is 16.5. The number of hydrogen-bond donors (Lipinski definition) is 3. The van der Waals surface area contributed by atoms with Gasteiger partial charge in [-0.25, -0.2) is 14.8 Å². The third-order valence-corrected chi connectivity index (χ3v) is 11.4. The minimum atomic E-state index is -0.683. The standard InChI is InChI=1S/C45H53N7O4/c1-8-19-51(43(53)28(6)26(2)3)25-39-46-24-37(47-39)34-14-13-30-21-29(11-12-31(30)23-34)32-15-17-35-33(22-32)16-18-36-41(35)49-42(48-36)38-10-9-20-52(38)44(54)40(27(4)5)50-45(55)56-7/h11-18,21-24,26-28,38,40H,8-10,19-20,25H2,1-7H3,(H,46,47)(H,48,49)(H,50,55)/t28-,38-,40-/m0/s1. The molecule has 3 heterocycles. The van der Waals surface area contributed by atoms with Crippen LogP contribution in [0, 0.1) is 17.8 Å². The van der Waals surface area contributed by atoms with Crippen LogP contribution in [0.25, 0.3) is 55.0 Å². The highest BCUT2D eigenvalue weighted by Crippen LogP contribution is 2.36. The van der Waals surface area contributed by atoms with Crippen LogP contribution in [-0.4, -0.2) is 73.9 Å². The molecule has 56 heavy (non-hydrogen) atoms. The summed E-state index contributed by atoms with van der Waals surface area (Å²) < 4.78 is 4.79. The van der Waals surface area contributed by atoms with Gasteiger partial charge >= 0.3 is 6.09 Å². The van der Waals surface area contributed by atoms with Crippen LogP contribution in [0.15, 0.2) is 72.9 Å². The molecule has 6 aromatic rings. The van der Waals surface area contributed by atoms with E-state index >= 15 is 0 Å². The minimum absolute atomic E-state index is 0.0343. The number of amides is 3. The Morgan fingerprint density at radius 1 is 0.893 bits per heavy atom. The molecule has 0 unspecified atom stereocenters. The summed E-state index contributed by atoms with van der Waals surface area (Å²) in [6, 6.07) is 22.7. The number of aromatic nitrogens is 4. The lowest BCUT2D eigenvalue weighted by molar-refractivity contribution is -0.137. The first kappa shape index (κ1) is 38.6. The number of benzene rings is 4. The number of carbonyl (C=O) groups excluding carboxylic acids is 3. The molecule has 0 aliphatic carbocycles. The predicted octanol–water partition coefficient (Wildman–Crippen LogP) is 9.00. The highest BCUT2D eigenvalue weighted by molar-refractivity contribution is 6.05. The fraction of sp³-hybridized carbons (Fsp3) is 0.400. The van der Waals surface area contributed by atoms with Crippen molar-refractivity contribution in [3.05, 3.63) is 84.6 Å². The van der Waals surface area contributed by atoms with E-state index in [9.17, 15) is 14.4 Å². The van der Waals surface area contributed by atoms with Gasteiger partial charge in [-0.1, -0.05) is 84.0 Å². The van der Waals surface area contributed by atoms with Gasteiger partial charge in [-0.2, -0.15) is 0 Å². The molecule has 7 rings (SSSR count). The van der Waals surface area contributed by atoms with Crippen molar-refractivity contribution in [1.82, 2.24) is 35.1 Å². The van der Waals surface area contributed by atoms with Gasteiger partial charge in [0.05, 0.1) is 42.6 Å². The normalized spacial score (nSPS) is 15.6. The van der Waals surface area contributed by atoms with Crippen molar-refractivity contribution in [3.63, 3.8) is 0 Å². The van der Waals surface area contributed by atoms with Crippen molar-refractivity contribution < 1.29 is 19.1 Å². The van der Waals surface area contributed by atoms with Gasteiger partial charge in [0.2, 0.25) is 11.8 Å². The van der Waals surface area contributed by atoms with Crippen molar-refractivity contribution in [2.45, 2.75) is 79.4 Å². The lowest BCUT2D eigenvalue weighted by Crippen LogP contribution is -2.51. The molecule has 1 fully saturated rings. The Morgan fingerprint density at radius 2 is 1.57 bits per heavy atom. The van der Waals surface area contributed by atoms with Crippen LogP contribution in [0.2, 0.25) is 0 Å². The van der Waals surface area contributed by atoms with E-state index in [1.165, 1.54) is 7.11 Å². The molecule has 11 nitrogen and oxygen atoms in total. The van der Waals surface area contributed by atoms with Gasteiger partial charge in [-0.15, -0.1) is 0 Å². The molecule has 3 atom stereocenters. The maximum atomic E-state index is 13.7. The first-order valence-electron chi connectivity index (χ1n) is 19.9. The molecular formula is C45H53N7O4. The van der Waals surface area contributed by atoms with E-state index in [0.717, 1.165) is 85.9 Å². The van der Waals surface area contributed by atoms with E-state index in [0.29, 0.717) is 19.6 Å². The molecule has 2 aromatic heterocycles. The van der Waals surface area contributed by atoms with E-state index in [1.54, 1.807) is 0 Å². The van der Waals surface area contributed by atoms with Crippen molar-refractivity contribution in [1.29, 1.82) is 0 Å². The maximum Gasteiger partial charge on any atom is 0.407 e. The van der Waals surface area contributed by atoms with Crippen LogP contribution >= 0.6 is 0 Å². The Labute approximate surface area is 328 Å². The van der Waals surface area contributed by atoms with E-state index in [2.05, 4.69) is 108 Å². The van der Waals surface area contributed by atoms with E-state index in [-0.39, 0.29) is 35.6 Å². The summed E-state index contributed by atoms with van der Waals surface area (Å²) in [4.78, 5) is 59.3. The molecule has 3 amide bonds. The Kier molecular flexibility index (Phi) is 11.1. The van der Waals surface area contributed by atoms with Gasteiger partial charge in [0.15, 0.2) is 0 Å². The number of likely N-dealkylation sites (tertiary alicyclic amines) is 1. The van der Waals surface area contributed by atoms with Crippen LogP contribution in [0.1, 0.15) is 78.5 Å². The fourth-order valence-electron chi connectivity index (χ4n) is 7.82. The van der Waals surface area contributed by atoms with Gasteiger partial charge < -0.3 is 29.8 Å². The minimum Gasteiger partial charge on any atom is -0.453 e. The number of alkyl carbamates (subject to hydrolysis) is 1. The molecule has 1 aliphatic heterocycles. The summed E-state index contributed by atoms with van der Waals surface area (Å²) in [5.74, 6) is 1.74. The monoisotopic (exact) mass is 755 g/mol. The molecule has 3 N–H and O–H groups in total. The smallest absolute Gasteiger partial charge is 0.407 e. The number of imidazole rings is 2. The van der Waals surface area contributed by atoms with Crippen molar-refractivity contribution in [3.8, 4) is 22.4 Å². The largest absolute Gasteiger partial charge is 0.453 e. The predicted molar refractivity (Wildman–Crippen MR) is 222 cm³/mol. The number of hydrogen-bond acceptors (Lipinski definition) is 6. The lowest BCUT2D eigenvalue weighted by Gasteiger charge is -2.29. The molecule has 0 saturated carbocycles. The number of nitrogens with zero attached hydrogens (tertiary/aromatic N) is 4. The van der Waals surface area contributed by atoms with Crippen LogP contribution in [-0.2, 0) is 20.9 Å². The zero-order valence-electron chi connectivity index (χ0n) is 33.5. The lowest BCUT2D eigenvalue weighted by atomic mass is 9.96. The molecule has 1 saturated heterocycles. The zero-order valence-corrected chi connectivity index (χ0v) is 33.5. The zero-order chi connectivity index (χ0) is 39.7.